The van der Waals surface area contributed by atoms with E-state index in [1.165, 1.54) is 18.4 Å². The van der Waals surface area contributed by atoms with Crippen molar-refractivity contribution in [2.24, 2.45) is 0 Å². The molecule has 0 saturated heterocycles. The smallest absolute Gasteiger partial charge is 0.205 e. The summed E-state index contributed by atoms with van der Waals surface area (Å²) in [6, 6.07) is 8.97. The largest absolute Gasteiger partial charge is 0.495 e. The Bertz CT molecular complexity index is 560. The van der Waals surface area contributed by atoms with Crippen molar-refractivity contribution >= 4 is 22.8 Å². The minimum absolute atomic E-state index is 0.0560. The molecule has 2 aromatic rings. The van der Waals surface area contributed by atoms with Crippen LogP contribution in [0, 0.1) is 6.92 Å². The van der Waals surface area contributed by atoms with Crippen molar-refractivity contribution in [1.29, 1.82) is 0 Å². The highest BCUT2D eigenvalue weighted by molar-refractivity contribution is 7.14. The molecule has 17 heavy (non-hydrogen) atoms. The van der Waals surface area contributed by atoms with Gasteiger partial charge in [0.2, 0.25) is 5.78 Å². The van der Waals surface area contributed by atoms with E-state index in [1.807, 2.05) is 19.1 Å². The number of benzene rings is 1. The number of para-hydroxylation sites is 1. The molecule has 0 spiro atoms. The highest BCUT2D eigenvalue weighted by Crippen LogP contribution is 2.28. The third-order valence-corrected chi connectivity index (χ3v) is 3.49. The average molecular weight is 247 g/mol. The first kappa shape index (κ1) is 11.7. The van der Waals surface area contributed by atoms with Crippen molar-refractivity contribution in [1.82, 2.24) is 0 Å². The fourth-order valence-corrected chi connectivity index (χ4v) is 2.43. The molecular weight excluding hydrogens is 234 g/mol. The van der Waals surface area contributed by atoms with Crippen molar-refractivity contribution in [2.75, 3.05) is 12.8 Å². The second-order valence-electron chi connectivity index (χ2n) is 3.66. The first-order valence-corrected chi connectivity index (χ1v) is 5.98. The Hall–Kier alpha value is -1.81. The van der Waals surface area contributed by atoms with Gasteiger partial charge >= 0.3 is 0 Å². The van der Waals surface area contributed by atoms with E-state index in [-0.39, 0.29) is 5.78 Å². The minimum atomic E-state index is -0.0560. The van der Waals surface area contributed by atoms with E-state index in [0.29, 0.717) is 21.9 Å². The maximum Gasteiger partial charge on any atom is 0.205 e. The number of nitrogen functional groups attached to an aromatic ring is 1. The van der Waals surface area contributed by atoms with E-state index in [0.717, 1.165) is 4.88 Å². The number of aryl methyl sites for hydroxylation is 1. The molecule has 0 unspecified atom stereocenters. The summed E-state index contributed by atoms with van der Waals surface area (Å²) in [5.74, 6) is 0.476. The van der Waals surface area contributed by atoms with E-state index >= 15 is 0 Å². The van der Waals surface area contributed by atoms with Crippen molar-refractivity contribution in [2.45, 2.75) is 6.92 Å². The van der Waals surface area contributed by atoms with E-state index in [2.05, 4.69) is 0 Å². The zero-order valence-electron chi connectivity index (χ0n) is 9.69. The Kier molecular flexibility index (Phi) is 3.15. The van der Waals surface area contributed by atoms with Gasteiger partial charge in [0.15, 0.2) is 0 Å². The van der Waals surface area contributed by atoms with Crippen LogP contribution in [-0.4, -0.2) is 12.9 Å². The van der Waals surface area contributed by atoms with Gasteiger partial charge in [-0.25, -0.2) is 0 Å². The third kappa shape index (κ3) is 2.17. The molecule has 0 fully saturated rings. The van der Waals surface area contributed by atoms with Crippen LogP contribution in [0.25, 0.3) is 0 Å². The first-order valence-electron chi connectivity index (χ1n) is 5.17. The molecule has 1 aromatic heterocycles. The molecule has 3 nitrogen and oxygen atoms in total. The van der Waals surface area contributed by atoms with Gasteiger partial charge in [0.1, 0.15) is 5.75 Å². The van der Waals surface area contributed by atoms with Crippen LogP contribution >= 0.6 is 11.3 Å². The van der Waals surface area contributed by atoms with Gasteiger partial charge in [-0.15, -0.1) is 11.3 Å². The lowest BCUT2D eigenvalue weighted by Crippen LogP contribution is -2.05. The standard InChI is InChI=1S/C13H13NO2S/c1-8-6-7-11(17-8)13(15)9-4-3-5-10(16-2)12(9)14/h3-7H,14H2,1-2H3. The lowest BCUT2D eigenvalue weighted by Gasteiger charge is -2.08. The number of carbonyl (C=O) groups is 1. The van der Waals surface area contributed by atoms with Crippen LogP contribution < -0.4 is 10.5 Å². The summed E-state index contributed by atoms with van der Waals surface area (Å²) in [5, 5.41) is 0. The molecule has 0 saturated carbocycles. The quantitative estimate of drug-likeness (QED) is 0.670. The van der Waals surface area contributed by atoms with Gasteiger partial charge < -0.3 is 10.5 Å². The van der Waals surface area contributed by atoms with E-state index in [1.54, 1.807) is 18.2 Å². The predicted octanol–water partition coefficient (Wildman–Crippen LogP) is 2.88. The average Bonchev–Trinajstić information content (AvgIpc) is 2.75. The molecule has 1 heterocycles. The number of thiophene rings is 1. The minimum Gasteiger partial charge on any atom is -0.495 e. The summed E-state index contributed by atoms with van der Waals surface area (Å²) in [7, 11) is 1.54. The summed E-state index contributed by atoms with van der Waals surface area (Å²) >= 11 is 1.47. The van der Waals surface area contributed by atoms with Crippen LogP contribution in [0.2, 0.25) is 0 Å². The maximum atomic E-state index is 12.2. The molecule has 0 radical (unpaired) electrons. The number of ketones is 1. The Balaban J connectivity index is 2.44. The Morgan fingerprint density at radius 1 is 1.29 bits per heavy atom. The molecule has 0 aliphatic rings. The van der Waals surface area contributed by atoms with Gasteiger partial charge in [-0.1, -0.05) is 6.07 Å². The monoisotopic (exact) mass is 247 g/mol. The second-order valence-corrected chi connectivity index (χ2v) is 4.95. The van der Waals surface area contributed by atoms with Crippen LogP contribution in [0.1, 0.15) is 20.1 Å². The normalized spacial score (nSPS) is 10.2. The van der Waals surface area contributed by atoms with Crippen LogP contribution in [0.3, 0.4) is 0 Å². The molecular formula is C13H13NO2S. The Morgan fingerprint density at radius 2 is 2.06 bits per heavy atom. The summed E-state index contributed by atoms with van der Waals surface area (Å²) in [6.45, 7) is 1.97. The van der Waals surface area contributed by atoms with Gasteiger partial charge in [-0.05, 0) is 31.2 Å². The highest BCUT2D eigenvalue weighted by Gasteiger charge is 2.16. The van der Waals surface area contributed by atoms with Crippen LogP contribution in [0.15, 0.2) is 30.3 Å². The molecule has 0 aliphatic heterocycles. The van der Waals surface area contributed by atoms with Crippen molar-refractivity contribution in [3.05, 3.63) is 45.6 Å². The molecule has 4 heteroatoms. The summed E-state index contributed by atoms with van der Waals surface area (Å²) in [6.07, 6.45) is 0. The zero-order valence-corrected chi connectivity index (χ0v) is 10.5. The van der Waals surface area contributed by atoms with Gasteiger partial charge in [0, 0.05) is 4.88 Å². The van der Waals surface area contributed by atoms with E-state index in [4.69, 9.17) is 10.5 Å². The molecule has 2 N–H and O–H groups in total. The number of methoxy groups -OCH3 is 1. The second kappa shape index (κ2) is 4.59. The van der Waals surface area contributed by atoms with Crippen molar-refractivity contribution < 1.29 is 9.53 Å². The number of rotatable bonds is 3. The lowest BCUT2D eigenvalue weighted by atomic mass is 10.1. The number of ether oxygens (including phenoxy) is 1. The molecule has 0 atom stereocenters. The number of hydrogen-bond acceptors (Lipinski definition) is 4. The topological polar surface area (TPSA) is 52.3 Å². The number of carbonyl (C=O) groups excluding carboxylic acids is 1. The number of anilines is 1. The van der Waals surface area contributed by atoms with Gasteiger partial charge in [0.25, 0.3) is 0 Å². The third-order valence-electron chi connectivity index (χ3n) is 2.49. The van der Waals surface area contributed by atoms with Gasteiger partial charge in [-0.2, -0.15) is 0 Å². The Morgan fingerprint density at radius 3 is 2.65 bits per heavy atom. The van der Waals surface area contributed by atoms with Crippen molar-refractivity contribution in [3.8, 4) is 5.75 Å². The lowest BCUT2D eigenvalue weighted by molar-refractivity contribution is 0.104. The van der Waals surface area contributed by atoms with E-state index < -0.39 is 0 Å². The summed E-state index contributed by atoms with van der Waals surface area (Å²) in [4.78, 5) is 14.0. The highest BCUT2D eigenvalue weighted by atomic mass is 32.1. The van der Waals surface area contributed by atoms with Crippen molar-refractivity contribution in [3.63, 3.8) is 0 Å². The van der Waals surface area contributed by atoms with Crippen LogP contribution in [0.5, 0.6) is 5.75 Å². The SMILES string of the molecule is COc1cccc(C(=O)c2ccc(C)s2)c1N. The van der Waals surface area contributed by atoms with Crippen LogP contribution in [0.4, 0.5) is 5.69 Å². The molecule has 0 amide bonds. The summed E-state index contributed by atoms with van der Waals surface area (Å²) in [5.41, 5.74) is 6.78. The fourth-order valence-electron chi connectivity index (χ4n) is 1.61. The molecule has 2 rings (SSSR count). The molecule has 0 bridgehead atoms. The van der Waals surface area contributed by atoms with Gasteiger partial charge in [0.05, 0.1) is 23.2 Å². The molecule has 88 valence electrons. The molecule has 1 aromatic carbocycles. The van der Waals surface area contributed by atoms with E-state index in [9.17, 15) is 4.79 Å². The predicted molar refractivity (Wildman–Crippen MR) is 69.9 cm³/mol. The summed E-state index contributed by atoms with van der Waals surface area (Å²) < 4.78 is 5.10. The zero-order chi connectivity index (χ0) is 12.4. The number of hydrogen-bond donors (Lipinski definition) is 1. The Labute approximate surface area is 104 Å². The number of nitrogens with two attached hydrogens (primary N) is 1. The van der Waals surface area contributed by atoms with Gasteiger partial charge in [-0.3, -0.25) is 4.79 Å². The maximum absolute atomic E-state index is 12.2. The van der Waals surface area contributed by atoms with Crippen LogP contribution in [-0.2, 0) is 0 Å². The first-order chi connectivity index (χ1) is 8.13. The molecule has 0 aliphatic carbocycles. The fraction of sp³-hybridized carbons (Fsp3) is 0.154.